The molecule has 2 fully saturated rings. The number of nitrogens with one attached hydrogen (secondary N) is 1. The number of thioether (sulfide) groups is 1. The van der Waals surface area contributed by atoms with Gasteiger partial charge in [0.1, 0.15) is 23.7 Å². The Kier molecular flexibility index (Phi) is 22.7. The summed E-state index contributed by atoms with van der Waals surface area (Å²) in [6.45, 7) is 7.01. The van der Waals surface area contributed by atoms with Crippen LogP contribution in [0.1, 0.15) is 130 Å². The van der Waals surface area contributed by atoms with Gasteiger partial charge < -0.3 is 25.0 Å². The molecule has 0 aliphatic carbocycles. The maximum absolute atomic E-state index is 13.3. The van der Waals surface area contributed by atoms with Gasteiger partial charge in [-0.3, -0.25) is 14.5 Å². The van der Waals surface area contributed by atoms with Crippen LogP contribution in [-0.2, 0) is 19.1 Å². The van der Waals surface area contributed by atoms with Gasteiger partial charge in [-0.25, -0.2) is 0 Å². The summed E-state index contributed by atoms with van der Waals surface area (Å²) >= 11 is 7.82. The predicted octanol–water partition coefficient (Wildman–Crippen LogP) is 6.84. The number of ether oxygens (including phenoxy) is 2. The van der Waals surface area contributed by atoms with E-state index in [4.69, 9.17) is 21.1 Å². The van der Waals surface area contributed by atoms with Gasteiger partial charge in [-0.15, -0.1) is 35.8 Å². The minimum Gasteiger partial charge on any atom is -0.456 e. The number of likely N-dealkylation sites (N-methyl/N-ethyl adjacent to an activating group) is 1. The number of alkyl halides is 1. The van der Waals surface area contributed by atoms with E-state index in [2.05, 4.69) is 24.1 Å². The van der Waals surface area contributed by atoms with Crippen molar-refractivity contribution in [3.63, 3.8) is 0 Å². The Morgan fingerprint density at radius 3 is 2.02 bits per heavy atom. The lowest BCUT2D eigenvalue weighted by Crippen LogP contribution is -2.65. The van der Waals surface area contributed by atoms with E-state index in [9.17, 15) is 19.8 Å². The van der Waals surface area contributed by atoms with E-state index in [1.807, 2.05) is 7.05 Å². The van der Waals surface area contributed by atoms with Gasteiger partial charge in [0.25, 0.3) is 0 Å². The standard InChI is InChI=1S/C34H63ClN2O6S.ClH/c1-6-8-9-10-11-12-13-14-15-16-17-18-19-21-27(38)42-32-30(40)29(39)31(43-34(32)44-5)28(24(3)35)36-33(41)26-22-25(20-7-2)23-37(26)4;/h24-26,28-32,34,39-40H,6-23H2,1-5H3,(H,36,41);1H/t24-,25+,26-,28+,29+,30-,31+,32-,34+;/m0./s1. The van der Waals surface area contributed by atoms with Crippen LogP contribution in [0.25, 0.3) is 0 Å². The molecule has 0 spiro atoms. The molecular formula is C34H64Cl2N2O6S. The largest absolute Gasteiger partial charge is 0.456 e. The molecule has 45 heavy (non-hydrogen) atoms. The molecule has 0 saturated carbocycles. The summed E-state index contributed by atoms with van der Waals surface area (Å²) in [7, 11) is 1.95. The molecule has 0 aromatic carbocycles. The van der Waals surface area contributed by atoms with Crippen molar-refractivity contribution in [1.29, 1.82) is 0 Å². The molecule has 3 N–H and O–H groups in total. The number of likely N-dealkylation sites (tertiary alicyclic amines) is 1. The fourth-order valence-corrected chi connectivity index (χ4v) is 7.65. The van der Waals surface area contributed by atoms with Crippen LogP contribution in [0.2, 0.25) is 0 Å². The van der Waals surface area contributed by atoms with Crippen molar-refractivity contribution in [3.05, 3.63) is 0 Å². The van der Waals surface area contributed by atoms with Crippen LogP contribution >= 0.6 is 35.8 Å². The number of amides is 1. The Labute approximate surface area is 289 Å². The minimum atomic E-state index is -1.38. The van der Waals surface area contributed by atoms with Gasteiger partial charge in [-0.1, -0.05) is 97.3 Å². The van der Waals surface area contributed by atoms with Crippen molar-refractivity contribution in [2.45, 2.75) is 177 Å². The monoisotopic (exact) mass is 698 g/mol. The molecule has 2 aliphatic heterocycles. The van der Waals surface area contributed by atoms with Gasteiger partial charge in [-0.2, -0.15) is 0 Å². The van der Waals surface area contributed by atoms with E-state index in [1.165, 1.54) is 76.0 Å². The van der Waals surface area contributed by atoms with Gasteiger partial charge in [0.2, 0.25) is 5.91 Å². The van der Waals surface area contributed by atoms with Gasteiger partial charge in [0.05, 0.1) is 17.5 Å². The number of halogens is 2. The van der Waals surface area contributed by atoms with Crippen molar-refractivity contribution >= 4 is 47.6 Å². The number of aliphatic hydroxyl groups excluding tert-OH is 2. The average Bonchev–Trinajstić information content (AvgIpc) is 3.36. The Morgan fingerprint density at radius 1 is 0.956 bits per heavy atom. The van der Waals surface area contributed by atoms with E-state index >= 15 is 0 Å². The van der Waals surface area contributed by atoms with Crippen LogP contribution in [0.3, 0.4) is 0 Å². The van der Waals surface area contributed by atoms with Crippen molar-refractivity contribution in [1.82, 2.24) is 10.2 Å². The molecule has 266 valence electrons. The molecule has 1 amide bonds. The first-order chi connectivity index (χ1) is 21.1. The maximum atomic E-state index is 13.3. The fraction of sp³-hybridized carbons (Fsp3) is 0.941. The summed E-state index contributed by atoms with van der Waals surface area (Å²) in [6, 6.07) is -1.00. The Bertz CT molecular complexity index is 811. The van der Waals surface area contributed by atoms with Crippen LogP contribution < -0.4 is 5.32 Å². The molecule has 2 saturated heterocycles. The van der Waals surface area contributed by atoms with Crippen molar-refractivity contribution in [2.75, 3.05) is 19.8 Å². The molecule has 2 rings (SSSR count). The molecular weight excluding hydrogens is 635 g/mol. The summed E-state index contributed by atoms with van der Waals surface area (Å²) in [5.74, 6) is -0.0742. The fourth-order valence-electron chi connectivity index (χ4n) is 6.72. The Morgan fingerprint density at radius 2 is 1.51 bits per heavy atom. The molecule has 0 aromatic rings. The number of aliphatic hydroxyl groups is 2. The molecule has 11 heteroatoms. The third-order valence-electron chi connectivity index (χ3n) is 9.36. The van der Waals surface area contributed by atoms with Crippen LogP contribution in [0.4, 0.5) is 0 Å². The lowest BCUT2D eigenvalue weighted by molar-refractivity contribution is -0.218. The smallest absolute Gasteiger partial charge is 0.306 e. The zero-order valence-corrected chi connectivity index (χ0v) is 31.0. The molecule has 9 atom stereocenters. The number of esters is 1. The third-order valence-corrected chi connectivity index (χ3v) is 10.5. The summed E-state index contributed by atoms with van der Waals surface area (Å²) in [5, 5.41) is 24.6. The van der Waals surface area contributed by atoms with E-state index in [1.54, 1.807) is 13.2 Å². The number of carbonyl (C=O) groups excluding carboxylic acids is 2. The third kappa shape index (κ3) is 14.8. The highest BCUT2D eigenvalue weighted by Gasteiger charge is 2.50. The summed E-state index contributed by atoms with van der Waals surface area (Å²) in [4.78, 5) is 28.0. The number of unbranched alkanes of at least 4 members (excludes halogenated alkanes) is 12. The number of hydrogen-bond acceptors (Lipinski definition) is 8. The summed E-state index contributed by atoms with van der Waals surface area (Å²) in [5.41, 5.74) is -0.702. The molecule has 0 aromatic heterocycles. The van der Waals surface area contributed by atoms with Crippen LogP contribution in [-0.4, -0.2) is 94.2 Å². The lowest BCUT2D eigenvalue weighted by Gasteiger charge is -2.45. The highest BCUT2D eigenvalue weighted by Crippen LogP contribution is 2.33. The number of rotatable bonds is 22. The summed E-state index contributed by atoms with van der Waals surface area (Å²) < 4.78 is 11.9. The predicted molar refractivity (Wildman–Crippen MR) is 188 cm³/mol. The maximum Gasteiger partial charge on any atom is 0.306 e. The van der Waals surface area contributed by atoms with Crippen LogP contribution in [0.5, 0.6) is 0 Å². The van der Waals surface area contributed by atoms with Crippen molar-refractivity contribution in [3.8, 4) is 0 Å². The number of nitrogens with zero attached hydrogens (tertiary/aromatic N) is 1. The topological polar surface area (TPSA) is 108 Å². The molecule has 8 nitrogen and oxygen atoms in total. The first-order valence-electron chi connectivity index (χ1n) is 17.5. The number of carbonyl (C=O) groups is 2. The normalized spacial score (nSPS) is 28.3. The first kappa shape index (κ1) is 42.7. The van der Waals surface area contributed by atoms with E-state index in [0.29, 0.717) is 5.92 Å². The molecule has 2 heterocycles. The second kappa shape index (κ2) is 23.9. The van der Waals surface area contributed by atoms with E-state index in [0.717, 1.165) is 45.1 Å². The highest BCUT2D eigenvalue weighted by molar-refractivity contribution is 7.99. The van der Waals surface area contributed by atoms with E-state index in [-0.39, 0.29) is 30.8 Å². The molecule has 0 unspecified atom stereocenters. The van der Waals surface area contributed by atoms with Gasteiger partial charge in [0, 0.05) is 13.0 Å². The quantitative estimate of drug-likeness (QED) is 0.0641. The van der Waals surface area contributed by atoms with E-state index < -0.39 is 47.2 Å². The van der Waals surface area contributed by atoms with Gasteiger partial charge in [0.15, 0.2) is 6.10 Å². The average molecular weight is 700 g/mol. The minimum absolute atomic E-state index is 0. The molecule has 0 radical (unpaired) electrons. The van der Waals surface area contributed by atoms with Gasteiger partial charge in [-0.05, 0) is 45.4 Å². The van der Waals surface area contributed by atoms with Crippen LogP contribution in [0, 0.1) is 5.92 Å². The summed E-state index contributed by atoms with van der Waals surface area (Å²) in [6.07, 6.45) is 16.3. The molecule has 2 aliphatic rings. The Hall–Kier alpha value is -0.290. The zero-order valence-electron chi connectivity index (χ0n) is 28.6. The van der Waals surface area contributed by atoms with Crippen molar-refractivity contribution in [2.24, 2.45) is 5.92 Å². The second-order valence-corrected chi connectivity index (χ2v) is 14.8. The van der Waals surface area contributed by atoms with Gasteiger partial charge >= 0.3 is 5.97 Å². The SMILES string of the molecule is CCCCCCCCCCCCCCCC(=O)O[C@H]1[C@@H](O)[C@@H](O)[C@@H]([C@H](NC(=O)[C@@H]2C[C@@H](CCC)CN2C)[C@H](C)Cl)O[C@@H]1SC.Cl. The molecule has 0 bridgehead atoms. The van der Waals surface area contributed by atoms with Crippen LogP contribution in [0.15, 0.2) is 0 Å². The lowest BCUT2D eigenvalue weighted by atomic mass is 9.92. The first-order valence-corrected chi connectivity index (χ1v) is 19.2. The Balaban J connectivity index is 0.0000101. The van der Waals surface area contributed by atoms with Crippen molar-refractivity contribution < 1.29 is 29.3 Å². The second-order valence-electron chi connectivity index (χ2n) is 13.2. The zero-order chi connectivity index (χ0) is 32.5. The highest BCUT2D eigenvalue weighted by atomic mass is 35.5. The number of hydrogen-bond donors (Lipinski definition) is 3.